The molecule has 0 saturated heterocycles. The molecule has 3 aromatic rings. The van der Waals surface area contributed by atoms with Gasteiger partial charge >= 0.3 is 6.36 Å². The van der Waals surface area contributed by atoms with E-state index in [0.29, 0.717) is 6.61 Å². The summed E-state index contributed by atoms with van der Waals surface area (Å²) in [5.74, 6) is -3.26. The van der Waals surface area contributed by atoms with Crippen LogP contribution in [0.1, 0.15) is 32.6 Å². The first-order valence-electron chi connectivity index (χ1n) is 8.53. The molecular weight excluding hydrogens is 371 g/mol. The monoisotopic (exact) mass is 388 g/mol. The normalized spacial score (nSPS) is 12.1. The Labute approximate surface area is 151 Å². The summed E-state index contributed by atoms with van der Waals surface area (Å²) >= 11 is 0. The molecule has 0 aliphatic heterocycles. The SMILES string of the molecule is CCCCCCOc1ccc2c(oc3c(F)c(OC(F)(F)F)ccc32)c1F. The van der Waals surface area contributed by atoms with Gasteiger partial charge in [-0.25, -0.2) is 0 Å². The fraction of sp³-hybridized carbons (Fsp3) is 0.368. The van der Waals surface area contributed by atoms with Crippen LogP contribution in [0.2, 0.25) is 0 Å². The van der Waals surface area contributed by atoms with Gasteiger partial charge in [0.2, 0.25) is 11.6 Å². The zero-order valence-corrected chi connectivity index (χ0v) is 14.5. The number of furan rings is 1. The van der Waals surface area contributed by atoms with Gasteiger partial charge < -0.3 is 13.9 Å². The van der Waals surface area contributed by atoms with Crippen molar-refractivity contribution in [2.75, 3.05) is 6.61 Å². The van der Waals surface area contributed by atoms with Gasteiger partial charge in [-0.15, -0.1) is 13.2 Å². The van der Waals surface area contributed by atoms with Crippen LogP contribution in [-0.2, 0) is 0 Å². The number of hydrogen-bond donors (Lipinski definition) is 0. The molecule has 3 rings (SSSR count). The van der Waals surface area contributed by atoms with E-state index in [-0.39, 0.29) is 22.1 Å². The van der Waals surface area contributed by atoms with Gasteiger partial charge in [-0.2, -0.15) is 8.78 Å². The lowest BCUT2D eigenvalue weighted by atomic mass is 10.1. The zero-order chi connectivity index (χ0) is 19.6. The fourth-order valence-corrected chi connectivity index (χ4v) is 2.83. The summed E-state index contributed by atoms with van der Waals surface area (Å²) in [7, 11) is 0. The molecule has 1 heterocycles. The average molecular weight is 388 g/mol. The van der Waals surface area contributed by atoms with Gasteiger partial charge in [0.15, 0.2) is 22.7 Å². The molecule has 0 radical (unpaired) electrons. The molecule has 0 amide bonds. The van der Waals surface area contributed by atoms with Crippen molar-refractivity contribution in [3.63, 3.8) is 0 Å². The van der Waals surface area contributed by atoms with Gasteiger partial charge in [-0.05, 0) is 30.7 Å². The van der Waals surface area contributed by atoms with Gasteiger partial charge in [0.05, 0.1) is 6.61 Å². The Morgan fingerprint density at radius 1 is 0.852 bits per heavy atom. The first-order valence-corrected chi connectivity index (χ1v) is 8.53. The Morgan fingerprint density at radius 3 is 2.04 bits per heavy atom. The number of fused-ring (bicyclic) bond motifs is 3. The number of alkyl halides is 3. The number of ether oxygens (including phenoxy) is 2. The lowest BCUT2D eigenvalue weighted by molar-refractivity contribution is -0.275. The van der Waals surface area contributed by atoms with Gasteiger partial charge in [-0.3, -0.25) is 0 Å². The predicted molar refractivity (Wildman–Crippen MR) is 90.0 cm³/mol. The summed E-state index contributed by atoms with van der Waals surface area (Å²) in [5, 5.41) is 0.378. The maximum absolute atomic E-state index is 14.6. The molecular formula is C19H17F5O3. The van der Waals surface area contributed by atoms with E-state index < -0.39 is 29.3 Å². The minimum absolute atomic E-state index is 0.0507. The molecule has 0 aliphatic carbocycles. The molecule has 3 nitrogen and oxygen atoms in total. The maximum atomic E-state index is 14.6. The number of rotatable bonds is 7. The lowest BCUT2D eigenvalue weighted by Gasteiger charge is -2.09. The topological polar surface area (TPSA) is 31.6 Å². The Kier molecular flexibility index (Phi) is 5.43. The highest BCUT2D eigenvalue weighted by molar-refractivity contribution is 6.06. The molecule has 0 saturated carbocycles. The summed E-state index contributed by atoms with van der Waals surface area (Å²) in [6, 6.07) is 4.89. The summed E-state index contributed by atoms with van der Waals surface area (Å²) in [5.41, 5.74) is -0.787. The van der Waals surface area contributed by atoms with E-state index in [0.717, 1.165) is 31.7 Å². The minimum Gasteiger partial charge on any atom is -0.490 e. The van der Waals surface area contributed by atoms with E-state index in [9.17, 15) is 22.0 Å². The van der Waals surface area contributed by atoms with E-state index in [4.69, 9.17) is 9.15 Å². The molecule has 0 atom stereocenters. The Morgan fingerprint density at radius 2 is 1.44 bits per heavy atom. The summed E-state index contributed by atoms with van der Waals surface area (Å²) in [6.45, 7) is 2.39. The van der Waals surface area contributed by atoms with Crippen molar-refractivity contribution in [3.8, 4) is 11.5 Å². The van der Waals surface area contributed by atoms with Gasteiger partial charge in [-0.1, -0.05) is 26.2 Å². The Hall–Kier alpha value is -2.51. The quantitative estimate of drug-likeness (QED) is 0.332. The first-order chi connectivity index (χ1) is 12.8. The van der Waals surface area contributed by atoms with Gasteiger partial charge in [0.25, 0.3) is 0 Å². The van der Waals surface area contributed by atoms with Gasteiger partial charge in [0, 0.05) is 10.8 Å². The predicted octanol–water partition coefficient (Wildman–Crippen LogP) is 6.72. The highest BCUT2D eigenvalue weighted by Crippen LogP contribution is 2.38. The largest absolute Gasteiger partial charge is 0.573 e. The Bertz CT molecular complexity index is 946. The Balaban J connectivity index is 1.93. The summed E-state index contributed by atoms with van der Waals surface area (Å²) < 4.78 is 80.2. The summed E-state index contributed by atoms with van der Waals surface area (Å²) in [6.07, 6.45) is -1.22. The molecule has 146 valence electrons. The number of unbranched alkanes of at least 4 members (excludes halogenated alkanes) is 3. The second-order valence-electron chi connectivity index (χ2n) is 6.07. The van der Waals surface area contributed by atoms with Crippen LogP contribution >= 0.6 is 0 Å². The zero-order valence-electron chi connectivity index (χ0n) is 14.5. The van der Waals surface area contributed by atoms with E-state index in [1.54, 1.807) is 0 Å². The third-order valence-electron chi connectivity index (χ3n) is 4.10. The van der Waals surface area contributed by atoms with Crippen LogP contribution in [-0.4, -0.2) is 13.0 Å². The molecule has 0 unspecified atom stereocenters. The van der Waals surface area contributed by atoms with Crippen LogP contribution in [0.15, 0.2) is 28.7 Å². The average Bonchev–Trinajstić information content (AvgIpc) is 2.98. The van der Waals surface area contributed by atoms with Crippen LogP contribution in [0, 0.1) is 11.6 Å². The molecule has 1 aromatic heterocycles. The minimum atomic E-state index is -5.05. The number of halogens is 5. The van der Waals surface area contributed by atoms with E-state index in [1.807, 2.05) is 0 Å². The van der Waals surface area contributed by atoms with Crippen LogP contribution < -0.4 is 9.47 Å². The van der Waals surface area contributed by atoms with E-state index in [1.165, 1.54) is 18.2 Å². The van der Waals surface area contributed by atoms with Crippen molar-refractivity contribution in [1.29, 1.82) is 0 Å². The molecule has 0 spiro atoms. The van der Waals surface area contributed by atoms with Crippen LogP contribution in [0.5, 0.6) is 11.5 Å². The summed E-state index contributed by atoms with van der Waals surface area (Å²) in [4.78, 5) is 0. The van der Waals surface area contributed by atoms with Crippen LogP contribution in [0.25, 0.3) is 21.9 Å². The van der Waals surface area contributed by atoms with Crippen molar-refractivity contribution in [2.45, 2.75) is 39.0 Å². The maximum Gasteiger partial charge on any atom is 0.573 e. The number of hydrogen-bond acceptors (Lipinski definition) is 3. The number of benzene rings is 2. The molecule has 8 heteroatoms. The van der Waals surface area contributed by atoms with Crippen molar-refractivity contribution >= 4 is 21.9 Å². The fourth-order valence-electron chi connectivity index (χ4n) is 2.83. The third-order valence-corrected chi connectivity index (χ3v) is 4.10. The second-order valence-corrected chi connectivity index (χ2v) is 6.07. The highest BCUT2D eigenvalue weighted by Gasteiger charge is 2.33. The van der Waals surface area contributed by atoms with Crippen LogP contribution in [0.4, 0.5) is 22.0 Å². The molecule has 27 heavy (non-hydrogen) atoms. The third kappa shape index (κ3) is 4.09. The lowest BCUT2D eigenvalue weighted by Crippen LogP contribution is -2.17. The molecule has 2 aromatic carbocycles. The van der Waals surface area contributed by atoms with E-state index >= 15 is 0 Å². The first kappa shape index (κ1) is 19.3. The highest BCUT2D eigenvalue weighted by atomic mass is 19.4. The van der Waals surface area contributed by atoms with Crippen molar-refractivity contribution in [1.82, 2.24) is 0 Å². The van der Waals surface area contributed by atoms with Gasteiger partial charge in [0.1, 0.15) is 0 Å². The standard InChI is InChI=1S/C19H17F5O3/c1-2-3-4-5-10-25-13-8-6-11-12-7-9-14(27-19(22,23)24)16(21)18(12)26-17(11)15(13)20/h6-9H,2-5,10H2,1H3. The van der Waals surface area contributed by atoms with E-state index in [2.05, 4.69) is 11.7 Å². The second kappa shape index (κ2) is 7.62. The molecule has 0 N–H and O–H groups in total. The van der Waals surface area contributed by atoms with Crippen molar-refractivity contribution in [3.05, 3.63) is 35.9 Å². The molecule has 0 bridgehead atoms. The van der Waals surface area contributed by atoms with Crippen LogP contribution in [0.3, 0.4) is 0 Å². The van der Waals surface area contributed by atoms with Crippen molar-refractivity contribution in [2.24, 2.45) is 0 Å². The smallest absolute Gasteiger partial charge is 0.490 e. The molecule has 0 aliphatic rings. The van der Waals surface area contributed by atoms with Crippen molar-refractivity contribution < 1.29 is 35.8 Å². The molecule has 0 fully saturated rings.